The van der Waals surface area contributed by atoms with Crippen molar-refractivity contribution in [3.05, 3.63) is 56.1 Å². The average molecular weight is 373 g/mol. The lowest BCUT2D eigenvalue weighted by atomic mass is 9.90. The highest BCUT2D eigenvalue weighted by Gasteiger charge is 2.27. The van der Waals surface area contributed by atoms with Crippen molar-refractivity contribution in [2.24, 2.45) is 0 Å². The van der Waals surface area contributed by atoms with Crippen molar-refractivity contribution >= 4 is 18.0 Å². The number of aromatic hydroxyl groups is 1. The van der Waals surface area contributed by atoms with Gasteiger partial charge in [0.25, 0.3) is 5.56 Å². The van der Waals surface area contributed by atoms with Gasteiger partial charge in [0.1, 0.15) is 5.56 Å². The van der Waals surface area contributed by atoms with Crippen molar-refractivity contribution in [1.82, 2.24) is 14.5 Å². The van der Waals surface area contributed by atoms with Crippen LogP contribution in [0.3, 0.4) is 0 Å². The summed E-state index contributed by atoms with van der Waals surface area (Å²) in [5.41, 5.74) is 1.59. The molecule has 3 rings (SSSR count). The van der Waals surface area contributed by atoms with Crippen LogP contribution in [0.5, 0.6) is 5.88 Å². The molecule has 2 heterocycles. The van der Waals surface area contributed by atoms with E-state index in [0.29, 0.717) is 13.1 Å². The SMILES string of the molecule is CCn1c(O)c(C(=O)C[C@H]2NCCc3ccccc32)c(=O)n(CC)c1=S. The molecule has 0 fully saturated rings. The van der Waals surface area contributed by atoms with Gasteiger partial charge in [0, 0.05) is 25.6 Å². The van der Waals surface area contributed by atoms with Crippen LogP contribution in [0.1, 0.15) is 47.8 Å². The van der Waals surface area contributed by atoms with Crippen LogP contribution in [0.15, 0.2) is 29.1 Å². The van der Waals surface area contributed by atoms with Gasteiger partial charge < -0.3 is 10.4 Å². The summed E-state index contributed by atoms with van der Waals surface area (Å²) in [7, 11) is 0. The summed E-state index contributed by atoms with van der Waals surface area (Å²) in [6, 6.07) is 7.83. The van der Waals surface area contributed by atoms with Gasteiger partial charge in [-0.25, -0.2) is 0 Å². The topological polar surface area (TPSA) is 76.3 Å². The van der Waals surface area contributed by atoms with Gasteiger partial charge in [-0.05, 0) is 50.2 Å². The number of benzene rings is 1. The van der Waals surface area contributed by atoms with Gasteiger partial charge in [0.2, 0.25) is 5.88 Å². The lowest BCUT2D eigenvalue weighted by Crippen LogP contribution is -2.34. The highest BCUT2D eigenvalue weighted by Crippen LogP contribution is 2.27. The second kappa shape index (κ2) is 7.55. The molecule has 1 aliphatic heterocycles. The molecule has 0 aliphatic carbocycles. The summed E-state index contributed by atoms with van der Waals surface area (Å²) in [5, 5.41) is 13.9. The zero-order valence-electron chi connectivity index (χ0n) is 15.0. The molecule has 0 spiro atoms. The maximum Gasteiger partial charge on any atom is 0.269 e. The first-order valence-electron chi connectivity index (χ1n) is 8.90. The van der Waals surface area contributed by atoms with Crippen LogP contribution in [0.4, 0.5) is 0 Å². The van der Waals surface area contributed by atoms with Gasteiger partial charge in [-0.15, -0.1) is 0 Å². The predicted octanol–water partition coefficient (Wildman–Crippen LogP) is 2.58. The van der Waals surface area contributed by atoms with E-state index in [1.165, 1.54) is 14.7 Å². The van der Waals surface area contributed by atoms with E-state index in [0.717, 1.165) is 18.5 Å². The number of nitrogens with zero attached hydrogens (tertiary/aromatic N) is 2. The Balaban J connectivity index is 2.02. The third-order valence-electron chi connectivity index (χ3n) is 4.92. The van der Waals surface area contributed by atoms with Crippen LogP contribution in [-0.4, -0.2) is 26.6 Å². The van der Waals surface area contributed by atoms with Gasteiger partial charge in [0.05, 0.1) is 0 Å². The summed E-state index contributed by atoms with van der Waals surface area (Å²) in [6.07, 6.45) is 1.03. The highest BCUT2D eigenvalue weighted by molar-refractivity contribution is 7.71. The number of hydrogen-bond acceptors (Lipinski definition) is 5. The standard InChI is InChI=1S/C19H23N3O3S/c1-3-21-17(24)16(18(25)22(4-2)19(21)26)15(23)11-14-13-8-6-5-7-12(13)9-10-20-14/h5-8,14,20,24H,3-4,9-11H2,1-2H3/t14-/m1/s1. The van der Waals surface area contributed by atoms with Crippen molar-refractivity contribution in [3.8, 4) is 5.88 Å². The van der Waals surface area contributed by atoms with E-state index in [-0.39, 0.29) is 34.5 Å². The lowest BCUT2D eigenvalue weighted by molar-refractivity contribution is 0.0960. The van der Waals surface area contributed by atoms with Crippen LogP contribution < -0.4 is 10.9 Å². The summed E-state index contributed by atoms with van der Waals surface area (Å²) in [5.74, 6) is -0.706. The molecule has 7 heteroatoms. The molecule has 1 atom stereocenters. The minimum atomic E-state index is -0.520. The first-order chi connectivity index (χ1) is 12.5. The Morgan fingerprint density at radius 3 is 2.65 bits per heavy atom. The fourth-order valence-electron chi connectivity index (χ4n) is 3.56. The third kappa shape index (κ3) is 3.12. The van der Waals surface area contributed by atoms with E-state index < -0.39 is 5.56 Å². The third-order valence-corrected chi connectivity index (χ3v) is 5.36. The normalized spacial score (nSPS) is 16.3. The molecule has 0 saturated carbocycles. The Hall–Kier alpha value is -2.25. The fourth-order valence-corrected chi connectivity index (χ4v) is 3.99. The second-order valence-electron chi connectivity index (χ2n) is 6.36. The Labute approximate surface area is 157 Å². The van der Waals surface area contributed by atoms with Crippen LogP contribution in [0.2, 0.25) is 0 Å². The number of rotatable bonds is 5. The molecule has 0 bridgehead atoms. The molecule has 2 N–H and O–H groups in total. The monoisotopic (exact) mass is 373 g/mol. The van der Waals surface area contributed by atoms with E-state index in [1.54, 1.807) is 6.92 Å². The highest BCUT2D eigenvalue weighted by atomic mass is 32.1. The molecule has 1 aromatic heterocycles. The molecule has 1 aliphatic rings. The molecule has 1 aromatic carbocycles. The maximum atomic E-state index is 13.0. The first-order valence-corrected chi connectivity index (χ1v) is 9.31. The van der Waals surface area contributed by atoms with Gasteiger partial charge in [0.15, 0.2) is 10.6 Å². The molecule has 0 radical (unpaired) electrons. The van der Waals surface area contributed by atoms with Crippen molar-refractivity contribution in [2.45, 2.75) is 45.8 Å². The van der Waals surface area contributed by atoms with Crippen molar-refractivity contribution in [2.75, 3.05) is 6.54 Å². The number of Topliss-reactive ketones (excluding diaryl/α,β-unsaturated/α-hetero) is 1. The molecular weight excluding hydrogens is 350 g/mol. The number of fused-ring (bicyclic) bond motifs is 1. The molecule has 0 unspecified atom stereocenters. The minimum absolute atomic E-state index is 0.115. The number of carbonyl (C=O) groups is 1. The van der Waals surface area contributed by atoms with Gasteiger partial charge in [-0.1, -0.05) is 24.3 Å². The number of carbonyl (C=O) groups excluding carboxylic acids is 1. The molecule has 26 heavy (non-hydrogen) atoms. The van der Waals surface area contributed by atoms with Gasteiger partial charge in [-0.3, -0.25) is 18.7 Å². The van der Waals surface area contributed by atoms with Crippen LogP contribution >= 0.6 is 12.2 Å². The van der Waals surface area contributed by atoms with E-state index in [9.17, 15) is 14.7 Å². The Kier molecular flexibility index (Phi) is 5.38. The molecule has 2 aromatic rings. The average Bonchev–Trinajstić information content (AvgIpc) is 2.63. The van der Waals surface area contributed by atoms with Crippen molar-refractivity contribution in [1.29, 1.82) is 0 Å². The number of ketones is 1. The zero-order chi connectivity index (χ0) is 18.8. The first kappa shape index (κ1) is 18.5. The second-order valence-corrected chi connectivity index (χ2v) is 6.72. The van der Waals surface area contributed by atoms with Gasteiger partial charge >= 0.3 is 0 Å². The molecular formula is C19H23N3O3S. The summed E-state index contributed by atoms with van der Waals surface area (Å²) < 4.78 is 3.01. The van der Waals surface area contributed by atoms with Crippen LogP contribution in [0.25, 0.3) is 0 Å². The Morgan fingerprint density at radius 2 is 1.96 bits per heavy atom. The zero-order valence-corrected chi connectivity index (χ0v) is 15.8. The van der Waals surface area contributed by atoms with Crippen molar-refractivity contribution in [3.63, 3.8) is 0 Å². The summed E-state index contributed by atoms with van der Waals surface area (Å²) in [6.45, 7) is 5.12. The van der Waals surface area contributed by atoms with Crippen LogP contribution in [-0.2, 0) is 19.5 Å². The minimum Gasteiger partial charge on any atom is -0.494 e. The largest absolute Gasteiger partial charge is 0.494 e. The predicted molar refractivity (Wildman–Crippen MR) is 102 cm³/mol. The molecule has 0 amide bonds. The fraction of sp³-hybridized carbons (Fsp3) is 0.421. The summed E-state index contributed by atoms with van der Waals surface area (Å²) >= 11 is 5.27. The van der Waals surface area contributed by atoms with Crippen molar-refractivity contribution < 1.29 is 9.90 Å². The Bertz CT molecular complexity index is 961. The quantitative estimate of drug-likeness (QED) is 0.622. The number of nitrogens with one attached hydrogen (secondary N) is 1. The van der Waals surface area contributed by atoms with Crippen LogP contribution in [0, 0.1) is 4.77 Å². The smallest absolute Gasteiger partial charge is 0.269 e. The molecule has 0 saturated heterocycles. The molecule has 6 nitrogen and oxygen atoms in total. The molecule has 138 valence electrons. The van der Waals surface area contributed by atoms with E-state index in [4.69, 9.17) is 12.2 Å². The lowest BCUT2D eigenvalue weighted by Gasteiger charge is -2.26. The van der Waals surface area contributed by atoms with E-state index in [1.807, 2.05) is 25.1 Å². The maximum absolute atomic E-state index is 13.0. The van der Waals surface area contributed by atoms with E-state index >= 15 is 0 Å². The number of hydrogen-bond donors (Lipinski definition) is 2. The van der Waals surface area contributed by atoms with Gasteiger partial charge in [-0.2, -0.15) is 0 Å². The Morgan fingerprint density at radius 1 is 1.27 bits per heavy atom. The van der Waals surface area contributed by atoms with E-state index in [2.05, 4.69) is 11.4 Å². The summed E-state index contributed by atoms with van der Waals surface area (Å²) in [4.78, 5) is 25.7. The number of aromatic nitrogens is 2.